The van der Waals surface area contributed by atoms with Crippen LogP contribution >= 0.6 is 23.2 Å². The molecule has 1 aromatic heterocycles. The van der Waals surface area contributed by atoms with Crippen molar-refractivity contribution < 1.29 is 4.79 Å². The van der Waals surface area contributed by atoms with Crippen LogP contribution in [0.3, 0.4) is 0 Å². The maximum atomic E-state index is 11.5. The van der Waals surface area contributed by atoms with Gasteiger partial charge in [0, 0.05) is 52.9 Å². The fourth-order valence-corrected chi connectivity index (χ4v) is 3.39. The molecule has 0 saturated carbocycles. The quantitative estimate of drug-likeness (QED) is 0.387. The van der Waals surface area contributed by atoms with Gasteiger partial charge < -0.3 is 20.9 Å². The van der Waals surface area contributed by atoms with E-state index in [0.717, 1.165) is 31.9 Å². The van der Waals surface area contributed by atoms with Crippen LogP contribution in [0.4, 0.5) is 5.82 Å². The molecule has 0 unspecified atom stereocenters. The highest BCUT2D eigenvalue weighted by Crippen LogP contribution is 2.22. The van der Waals surface area contributed by atoms with Gasteiger partial charge in [-0.1, -0.05) is 23.2 Å². The number of pyridine rings is 1. The molecule has 1 aliphatic rings. The number of halogens is 2. The number of carbonyl (C=O) groups excluding carboxylic acids is 1. The van der Waals surface area contributed by atoms with Crippen molar-refractivity contribution in [1.29, 1.82) is 0 Å². The van der Waals surface area contributed by atoms with Gasteiger partial charge in [-0.2, -0.15) is 0 Å². The molecule has 144 valence electrons. The van der Waals surface area contributed by atoms with Gasteiger partial charge in [0.15, 0.2) is 5.96 Å². The first-order valence-electron chi connectivity index (χ1n) is 8.74. The smallest absolute Gasteiger partial charge is 0.220 e. The summed E-state index contributed by atoms with van der Waals surface area (Å²) in [6.07, 6.45) is 4.16. The second-order valence-corrected chi connectivity index (χ2v) is 7.04. The van der Waals surface area contributed by atoms with E-state index in [4.69, 9.17) is 23.2 Å². The molecule has 1 amide bonds. The normalized spacial score (nSPS) is 15.7. The van der Waals surface area contributed by atoms with Gasteiger partial charge in [0.2, 0.25) is 5.91 Å². The number of nitrogens with zero attached hydrogens (tertiary/aromatic N) is 3. The summed E-state index contributed by atoms with van der Waals surface area (Å²) in [5.74, 6) is 2.05. The van der Waals surface area contributed by atoms with E-state index in [2.05, 4.69) is 30.8 Å². The summed E-state index contributed by atoms with van der Waals surface area (Å²) in [5, 5.41) is 10.2. The summed E-state index contributed by atoms with van der Waals surface area (Å²) in [7, 11) is 3.47. The number of carbonyl (C=O) groups is 1. The van der Waals surface area contributed by atoms with Crippen molar-refractivity contribution in [3.05, 3.63) is 22.3 Å². The molecule has 0 bridgehead atoms. The van der Waals surface area contributed by atoms with Gasteiger partial charge >= 0.3 is 0 Å². The van der Waals surface area contributed by atoms with Crippen LogP contribution in [0.5, 0.6) is 0 Å². The predicted molar refractivity (Wildman–Crippen MR) is 107 cm³/mol. The van der Waals surface area contributed by atoms with Crippen LogP contribution in [0, 0.1) is 5.92 Å². The van der Waals surface area contributed by atoms with E-state index in [1.807, 2.05) is 0 Å². The van der Waals surface area contributed by atoms with E-state index in [0.29, 0.717) is 41.3 Å². The molecule has 1 saturated heterocycles. The van der Waals surface area contributed by atoms with E-state index in [-0.39, 0.29) is 5.91 Å². The molecule has 1 fully saturated rings. The van der Waals surface area contributed by atoms with Crippen LogP contribution in [0.1, 0.15) is 19.3 Å². The molecule has 2 rings (SSSR count). The van der Waals surface area contributed by atoms with Crippen LogP contribution in [0.15, 0.2) is 17.3 Å². The van der Waals surface area contributed by atoms with E-state index in [9.17, 15) is 4.79 Å². The van der Waals surface area contributed by atoms with Gasteiger partial charge in [0.25, 0.3) is 0 Å². The van der Waals surface area contributed by atoms with Crippen molar-refractivity contribution in [3.63, 3.8) is 0 Å². The Morgan fingerprint density at radius 2 is 2.08 bits per heavy atom. The number of nitrogens with one attached hydrogen (secondary N) is 3. The Kier molecular flexibility index (Phi) is 8.25. The SMILES string of the molecule is CN=C(NCCNc1ncc(Cl)cc1Cl)N1CCC(CC(=O)NC)CC1. The molecule has 9 heteroatoms. The molecule has 26 heavy (non-hydrogen) atoms. The van der Waals surface area contributed by atoms with Crippen LogP contribution in [-0.2, 0) is 4.79 Å². The Balaban J connectivity index is 1.72. The zero-order valence-corrected chi connectivity index (χ0v) is 16.7. The first-order chi connectivity index (χ1) is 12.5. The second kappa shape index (κ2) is 10.4. The van der Waals surface area contributed by atoms with E-state index in [1.165, 1.54) is 0 Å². The summed E-state index contributed by atoms with van der Waals surface area (Å²) in [4.78, 5) is 22.2. The molecule has 2 heterocycles. The minimum absolute atomic E-state index is 0.117. The highest BCUT2D eigenvalue weighted by atomic mass is 35.5. The zero-order valence-electron chi connectivity index (χ0n) is 15.2. The maximum Gasteiger partial charge on any atom is 0.220 e. The maximum absolute atomic E-state index is 11.5. The number of anilines is 1. The fraction of sp³-hybridized carbons (Fsp3) is 0.588. The lowest BCUT2D eigenvalue weighted by Crippen LogP contribution is -2.47. The Labute approximate surface area is 164 Å². The first kappa shape index (κ1) is 20.6. The monoisotopic (exact) mass is 400 g/mol. The molecule has 0 aliphatic carbocycles. The van der Waals surface area contributed by atoms with E-state index in [1.54, 1.807) is 26.4 Å². The van der Waals surface area contributed by atoms with Gasteiger partial charge in [0.05, 0.1) is 10.0 Å². The first-order valence-corrected chi connectivity index (χ1v) is 9.50. The number of aliphatic imine (C=N–C) groups is 1. The lowest BCUT2D eigenvalue weighted by atomic mass is 9.93. The summed E-state index contributed by atoms with van der Waals surface area (Å²) in [6, 6.07) is 1.66. The molecule has 0 radical (unpaired) electrons. The number of aromatic nitrogens is 1. The third-order valence-electron chi connectivity index (χ3n) is 4.39. The summed E-state index contributed by atoms with van der Waals surface area (Å²) in [6.45, 7) is 3.14. The van der Waals surface area contributed by atoms with Crippen molar-refractivity contribution in [1.82, 2.24) is 20.5 Å². The molecule has 1 aromatic rings. The highest BCUT2D eigenvalue weighted by molar-refractivity contribution is 6.35. The van der Waals surface area contributed by atoms with Crippen molar-refractivity contribution in [2.24, 2.45) is 10.9 Å². The van der Waals surface area contributed by atoms with Crippen LogP contribution < -0.4 is 16.0 Å². The van der Waals surface area contributed by atoms with Gasteiger partial charge in [-0.25, -0.2) is 4.98 Å². The number of likely N-dealkylation sites (tertiary alicyclic amines) is 1. The molecule has 0 aromatic carbocycles. The fourth-order valence-electron chi connectivity index (χ4n) is 2.95. The number of hydrogen-bond donors (Lipinski definition) is 3. The van der Waals surface area contributed by atoms with E-state index >= 15 is 0 Å². The minimum Gasteiger partial charge on any atom is -0.367 e. The van der Waals surface area contributed by atoms with Gasteiger partial charge in [-0.05, 0) is 24.8 Å². The van der Waals surface area contributed by atoms with Crippen LogP contribution in [0.25, 0.3) is 0 Å². The Morgan fingerprint density at radius 3 is 2.69 bits per heavy atom. The number of piperidine rings is 1. The highest BCUT2D eigenvalue weighted by Gasteiger charge is 2.22. The second-order valence-electron chi connectivity index (χ2n) is 6.19. The number of amides is 1. The molecular weight excluding hydrogens is 375 g/mol. The number of guanidine groups is 1. The lowest BCUT2D eigenvalue weighted by Gasteiger charge is -2.34. The average molecular weight is 401 g/mol. The molecule has 0 spiro atoms. The number of hydrogen-bond acceptors (Lipinski definition) is 4. The Hall–Kier alpha value is -1.73. The van der Waals surface area contributed by atoms with Gasteiger partial charge in [0.1, 0.15) is 5.82 Å². The molecule has 1 aliphatic heterocycles. The minimum atomic E-state index is 0.117. The molecule has 7 nitrogen and oxygen atoms in total. The summed E-state index contributed by atoms with van der Waals surface area (Å²) >= 11 is 11.9. The van der Waals surface area contributed by atoms with Crippen molar-refractivity contribution >= 4 is 40.9 Å². The van der Waals surface area contributed by atoms with Crippen LogP contribution in [0.2, 0.25) is 10.0 Å². The molecular formula is C17H26Cl2N6O. The largest absolute Gasteiger partial charge is 0.367 e. The van der Waals surface area contributed by atoms with Crippen molar-refractivity contribution in [2.75, 3.05) is 45.6 Å². The summed E-state index contributed by atoms with van der Waals surface area (Å²) in [5.41, 5.74) is 0. The van der Waals surface area contributed by atoms with Gasteiger partial charge in [-0.15, -0.1) is 0 Å². The van der Waals surface area contributed by atoms with Crippen molar-refractivity contribution in [3.8, 4) is 0 Å². The third kappa shape index (κ3) is 6.21. The van der Waals surface area contributed by atoms with Gasteiger partial charge in [-0.3, -0.25) is 9.79 Å². The Bertz CT molecular complexity index is 632. The summed E-state index contributed by atoms with van der Waals surface area (Å²) < 4.78 is 0. The molecule has 3 N–H and O–H groups in total. The topological polar surface area (TPSA) is 81.7 Å². The van der Waals surface area contributed by atoms with Crippen LogP contribution in [-0.4, -0.2) is 62.0 Å². The lowest BCUT2D eigenvalue weighted by molar-refractivity contribution is -0.121. The van der Waals surface area contributed by atoms with E-state index < -0.39 is 0 Å². The zero-order chi connectivity index (χ0) is 18.9. The predicted octanol–water partition coefficient (Wildman–Crippen LogP) is 2.22. The average Bonchev–Trinajstić information content (AvgIpc) is 2.64. The third-order valence-corrected chi connectivity index (χ3v) is 4.88. The molecule has 0 atom stereocenters. The Morgan fingerprint density at radius 1 is 1.35 bits per heavy atom. The standard InChI is InChI=1S/C17H26Cl2N6O/c1-20-15(26)9-12-3-7-25(8-4-12)17(21-2)23-6-5-22-16-14(19)10-13(18)11-24-16/h10-12H,3-9H2,1-2H3,(H,20,26)(H,21,23)(H,22,24). The number of rotatable bonds is 6. The van der Waals surface area contributed by atoms with Crippen molar-refractivity contribution in [2.45, 2.75) is 19.3 Å².